The monoisotopic (exact) mass is 378 g/mol. The Morgan fingerprint density at radius 1 is 1.36 bits per heavy atom. The number of nitrogens with one attached hydrogen (secondary N) is 1. The summed E-state index contributed by atoms with van der Waals surface area (Å²) in [4.78, 5) is 13.4. The highest BCUT2D eigenvalue weighted by Crippen LogP contribution is 2.59. The van der Waals surface area contributed by atoms with E-state index in [1.165, 1.54) is 0 Å². The van der Waals surface area contributed by atoms with Gasteiger partial charge in [0.25, 0.3) is 0 Å². The van der Waals surface area contributed by atoms with Crippen LogP contribution in [0.3, 0.4) is 0 Å². The molecule has 146 valence electrons. The lowest BCUT2D eigenvalue weighted by Gasteiger charge is -2.16. The molecule has 0 spiro atoms. The van der Waals surface area contributed by atoms with Crippen LogP contribution in [-0.2, 0) is 4.74 Å². The van der Waals surface area contributed by atoms with E-state index in [9.17, 15) is 5.26 Å². The molecule has 2 aliphatic rings. The molecule has 2 fully saturated rings. The Morgan fingerprint density at radius 3 is 2.64 bits per heavy atom. The van der Waals surface area contributed by atoms with Gasteiger partial charge in [0.2, 0.25) is 5.95 Å². The van der Waals surface area contributed by atoms with Gasteiger partial charge in [-0.3, -0.25) is 0 Å². The molecule has 28 heavy (non-hydrogen) atoms. The van der Waals surface area contributed by atoms with Crippen molar-refractivity contribution in [3.05, 3.63) is 29.2 Å². The van der Waals surface area contributed by atoms with E-state index in [0.717, 1.165) is 48.3 Å². The van der Waals surface area contributed by atoms with E-state index in [2.05, 4.69) is 40.2 Å². The third-order valence-electron chi connectivity index (χ3n) is 5.91. The van der Waals surface area contributed by atoms with Crippen LogP contribution < -0.4 is 11.1 Å². The molecule has 0 radical (unpaired) electrons. The van der Waals surface area contributed by atoms with Crippen molar-refractivity contribution in [1.82, 2.24) is 15.0 Å². The summed E-state index contributed by atoms with van der Waals surface area (Å²) in [5.74, 6) is 1.21. The SMILES string of the molecule is Cc1c(C2CC2(C)C)nc(N)c(C#N)c1-c1cnc(NCC2CCCO2)nc1. The molecular weight excluding hydrogens is 352 g/mol. The van der Waals surface area contributed by atoms with E-state index < -0.39 is 0 Å². The van der Waals surface area contributed by atoms with Crippen molar-refractivity contribution in [3.8, 4) is 17.2 Å². The normalized spacial score (nSPS) is 22.6. The zero-order valence-electron chi connectivity index (χ0n) is 16.6. The number of anilines is 2. The van der Waals surface area contributed by atoms with Gasteiger partial charge in [-0.2, -0.15) is 5.26 Å². The van der Waals surface area contributed by atoms with Gasteiger partial charge in [-0.1, -0.05) is 13.8 Å². The molecule has 0 bridgehead atoms. The minimum Gasteiger partial charge on any atom is -0.383 e. The molecule has 1 aliphatic carbocycles. The van der Waals surface area contributed by atoms with E-state index in [-0.39, 0.29) is 17.3 Å². The van der Waals surface area contributed by atoms with Gasteiger partial charge in [0.1, 0.15) is 17.5 Å². The highest BCUT2D eigenvalue weighted by Gasteiger charge is 2.48. The van der Waals surface area contributed by atoms with Gasteiger partial charge in [-0.05, 0) is 37.2 Å². The molecule has 1 saturated carbocycles. The zero-order valence-corrected chi connectivity index (χ0v) is 16.6. The maximum Gasteiger partial charge on any atom is 0.222 e. The van der Waals surface area contributed by atoms with Crippen LogP contribution in [0.2, 0.25) is 0 Å². The molecule has 7 nitrogen and oxygen atoms in total. The lowest BCUT2D eigenvalue weighted by molar-refractivity contribution is 0.120. The van der Waals surface area contributed by atoms with Crippen molar-refractivity contribution >= 4 is 11.8 Å². The van der Waals surface area contributed by atoms with E-state index in [0.29, 0.717) is 24.0 Å². The van der Waals surface area contributed by atoms with Crippen molar-refractivity contribution in [3.63, 3.8) is 0 Å². The number of nitrogens with two attached hydrogens (primary N) is 1. The van der Waals surface area contributed by atoms with Crippen molar-refractivity contribution < 1.29 is 4.74 Å². The number of aromatic nitrogens is 3. The zero-order chi connectivity index (χ0) is 19.9. The van der Waals surface area contributed by atoms with E-state index in [1.807, 2.05) is 6.92 Å². The summed E-state index contributed by atoms with van der Waals surface area (Å²) < 4.78 is 5.61. The molecule has 2 atom stereocenters. The van der Waals surface area contributed by atoms with Crippen LogP contribution in [0.4, 0.5) is 11.8 Å². The number of nitriles is 1. The molecule has 0 aromatic carbocycles. The van der Waals surface area contributed by atoms with E-state index in [1.54, 1.807) is 12.4 Å². The summed E-state index contributed by atoms with van der Waals surface area (Å²) in [7, 11) is 0. The van der Waals surface area contributed by atoms with E-state index in [4.69, 9.17) is 10.5 Å². The quantitative estimate of drug-likeness (QED) is 0.820. The molecule has 3 heterocycles. The van der Waals surface area contributed by atoms with Crippen molar-refractivity contribution in [2.75, 3.05) is 24.2 Å². The minimum atomic E-state index is 0.222. The summed E-state index contributed by atoms with van der Waals surface area (Å²) >= 11 is 0. The molecule has 7 heteroatoms. The van der Waals surface area contributed by atoms with Crippen molar-refractivity contribution in [2.45, 2.75) is 52.1 Å². The highest BCUT2D eigenvalue weighted by molar-refractivity contribution is 5.78. The van der Waals surface area contributed by atoms with Gasteiger partial charge in [-0.15, -0.1) is 0 Å². The second kappa shape index (κ2) is 7.02. The van der Waals surface area contributed by atoms with Crippen molar-refractivity contribution in [2.24, 2.45) is 5.41 Å². The number of nitrogens with zero attached hydrogens (tertiary/aromatic N) is 4. The predicted molar refractivity (Wildman–Crippen MR) is 108 cm³/mol. The van der Waals surface area contributed by atoms with Gasteiger partial charge < -0.3 is 15.8 Å². The molecule has 1 saturated heterocycles. The first-order chi connectivity index (χ1) is 13.4. The summed E-state index contributed by atoms with van der Waals surface area (Å²) in [5, 5.41) is 12.9. The third kappa shape index (κ3) is 3.40. The molecule has 0 amide bonds. The largest absolute Gasteiger partial charge is 0.383 e. The summed E-state index contributed by atoms with van der Waals surface area (Å²) in [6.07, 6.45) is 6.96. The molecule has 4 rings (SSSR count). The van der Waals surface area contributed by atoms with Crippen LogP contribution in [0, 0.1) is 23.7 Å². The van der Waals surface area contributed by atoms with Crippen LogP contribution in [0.15, 0.2) is 12.4 Å². The average Bonchev–Trinajstić information content (AvgIpc) is 3.07. The Morgan fingerprint density at radius 2 is 2.07 bits per heavy atom. The maximum atomic E-state index is 9.66. The number of hydrogen-bond acceptors (Lipinski definition) is 7. The Hall–Kier alpha value is -2.72. The number of pyridine rings is 1. The van der Waals surface area contributed by atoms with Gasteiger partial charge in [0, 0.05) is 42.6 Å². The molecular formula is C21H26N6O. The summed E-state index contributed by atoms with van der Waals surface area (Å²) in [6.45, 7) is 7.99. The van der Waals surface area contributed by atoms with Crippen LogP contribution in [0.5, 0.6) is 0 Å². The standard InChI is InChI=1S/C21H26N6O/c1-12-17(15(8-22)19(23)27-18(12)16-7-21(16,2)3)13-9-24-20(25-10-13)26-11-14-5-4-6-28-14/h9-10,14,16H,4-7,11H2,1-3H3,(H2,23,27)(H,24,25,26). The smallest absolute Gasteiger partial charge is 0.222 e. The number of ether oxygens (including phenoxy) is 1. The topological polar surface area (TPSA) is 110 Å². The van der Waals surface area contributed by atoms with Gasteiger partial charge >= 0.3 is 0 Å². The fraction of sp³-hybridized carbons (Fsp3) is 0.524. The Balaban J connectivity index is 1.63. The van der Waals surface area contributed by atoms with Gasteiger partial charge in [-0.25, -0.2) is 15.0 Å². The molecule has 2 aromatic rings. The Kier molecular flexibility index (Phi) is 4.68. The fourth-order valence-electron chi connectivity index (χ4n) is 4.02. The van der Waals surface area contributed by atoms with Gasteiger partial charge in [0.05, 0.1) is 11.8 Å². The first-order valence-electron chi connectivity index (χ1n) is 9.78. The lowest BCUT2D eigenvalue weighted by Crippen LogP contribution is -2.19. The van der Waals surface area contributed by atoms with Crippen molar-refractivity contribution in [1.29, 1.82) is 5.26 Å². The molecule has 2 aromatic heterocycles. The molecule has 1 aliphatic heterocycles. The first-order valence-corrected chi connectivity index (χ1v) is 9.78. The van der Waals surface area contributed by atoms with Crippen LogP contribution in [0.25, 0.3) is 11.1 Å². The predicted octanol–water partition coefficient (Wildman–Crippen LogP) is 3.41. The second-order valence-electron chi connectivity index (χ2n) is 8.43. The first kappa shape index (κ1) is 18.6. The summed E-state index contributed by atoms with van der Waals surface area (Å²) in [6, 6.07) is 2.21. The Bertz CT molecular complexity index is 925. The molecule has 2 unspecified atom stereocenters. The van der Waals surface area contributed by atoms with Gasteiger partial charge in [0.15, 0.2) is 0 Å². The minimum absolute atomic E-state index is 0.222. The number of hydrogen-bond donors (Lipinski definition) is 2. The average molecular weight is 378 g/mol. The van der Waals surface area contributed by atoms with Crippen LogP contribution in [0.1, 0.15) is 55.8 Å². The molecule has 3 N–H and O–H groups in total. The number of nitrogen functional groups attached to an aromatic ring is 1. The summed E-state index contributed by atoms with van der Waals surface area (Å²) in [5.41, 5.74) is 10.3. The van der Waals surface area contributed by atoms with E-state index >= 15 is 0 Å². The maximum absolute atomic E-state index is 9.66. The van der Waals surface area contributed by atoms with Crippen LogP contribution in [-0.4, -0.2) is 34.2 Å². The Labute approximate surface area is 165 Å². The number of rotatable bonds is 5. The highest BCUT2D eigenvalue weighted by atomic mass is 16.5. The lowest BCUT2D eigenvalue weighted by atomic mass is 9.94. The third-order valence-corrected chi connectivity index (χ3v) is 5.91. The van der Waals surface area contributed by atoms with Crippen LogP contribution >= 0.6 is 0 Å². The fourth-order valence-corrected chi connectivity index (χ4v) is 4.02. The second-order valence-corrected chi connectivity index (χ2v) is 8.43.